The standard InChI is InChI=1S/C16H22N6O2/c1-16(2,3)24-15(23)21-9-8-13(10-21)18-12-4-6-14(7-5-12)22-11-17-19-20-22/h4-7,11,13,18H,8-10H2,1-3H3. The van der Waals surface area contributed by atoms with Crippen LogP contribution in [0.3, 0.4) is 0 Å². The molecule has 1 N–H and O–H groups in total. The first kappa shape index (κ1) is 16.2. The van der Waals surface area contributed by atoms with Gasteiger partial charge in [-0.2, -0.15) is 0 Å². The summed E-state index contributed by atoms with van der Waals surface area (Å²) in [5, 5.41) is 14.5. The largest absolute Gasteiger partial charge is 0.444 e. The summed E-state index contributed by atoms with van der Waals surface area (Å²) in [6, 6.07) is 8.06. The van der Waals surface area contributed by atoms with Crippen LogP contribution in [-0.4, -0.2) is 55.9 Å². The van der Waals surface area contributed by atoms with Gasteiger partial charge in [-0.15, -0.1) is 5.10 Å². The van der Waals surface area contributed by atoms with E-state index in [1.54, 1.807) is 15.9 Å². The lowest BCUT2D eigenvalue weighted by Crippen LogP contribution is -2.36. The summed E-state index contributed by atoms with van der Waals surface area (Å²) < 4.78 is 7.02. The molecule has 3 rings (SSSR count). The molecule has 1 aromatic heterocycles. The molecule has 2 aromatic rings. The summed E-state index contributed by atoms with van der Waals surface area (Å²) in [5.74, 6) is 0. The zero-order valence-electron chi connectivity index (χ0n) is 14.1. The van der Waals surface area contributed by atoms with Crippen LogP contribution in [0, 0.1) is 0 Å². The number of amides is 1. The maximum atomic E-state index is 12.1. The van der Waals surface area contributed by atoms with Crippen LogP contribution < -0.4 is 5.32 Å². The van der Waals surface area contributed by atoms with E-state index in [1.165, 1.54) is 0 Å². The molecular formula is C16H22N6O2. The molecule has 1 aliphatic rings. The SMILES string of the molecule is CC(C)(C)OC(=O)N1CCC(Nc2ccc(-n3cnnn3)cc2)C1. The molecule has 1 unspecified atom stereocenters. The van der Waals surface area contributed by atoms with Crippen molar-refractivity contribution >= 4 is 11.8 Å². The lowest BCUT2D eigenvalue weighted by molar-refractivity contribution is 0.0293. The summed E-state index contributed by atoms with van der Waals surface area (Å²) in [7, 11) is 0. The van der Waals surface area contributed by atoms with Crippen LogP contribution in [0.5, 0.6) is 0 Å². The van der Waals surface area contributed by atoms with Crippen LogP contribution in [0.1, 0.15) is 27.2 Å². The minimum atomic E-state index is -0.464. The van der Waals surface area contributed by atoms with Crippen molar-refractivity contribution in [2.24, 2.45) is 0 Å². The van der Waals surface area contributed by atoms with E-state index in [4.69, 9.17) is 4.74 Å². The number of tetrazole rings is 1. The molecule has 128 valence electrons. The number of rotatable bonds is 3. The zero-order chi connectivity index (χ0) is 17.2. The Labute approximate surface area is 140 Å². The van der Waals surface area contributed by atoms with Crippen molar-refractivity contribution in [2.75, 3.05) is 18.4 Å². The van der Waals surface area contributed by atoms with E-state index in [0.717, 1.165) is 17.8 Å². The molecule has 0 spiro atoms. The molecule has 1 saturated heterocycles. The van der Waals surface area contributed by atoms with Gasteiger partial charge < -0.3 is 15.0 Å². The van der Waals surface area contributed by atoms with Crippen LogP contribution in [0.15, 0.2) is 30.6 Å². The first-order valence-electron chi connectivity index (χ1n) is 7.98. The highest BCUT2D eigenvalue weighted by molar-refractivity contribution is 5.68. The Morgan fingerprint density at radius 1 is 1.29 bits per heavy atom. The van der Waals surface area contributed by atoms with Crippen LogP contribution in [0.25, 0.3) is 5.69 Å². The number of anilines is 1. The van der Waals surface area contributed by atoms with E-state index in [-0.39, 0.29) is 12.1 Å². The normalized spacial score (nSPS) is 17.8. The molecule has 0 aliphatic carbocycles. The molecule has 1 aliphatic heterocycles. The number of carbonyl (C=O) groups is 1. The fourth-order valence-electron chi connectivity index (χ4n) is 2.60. The maximum absolute atomic E-state index is 12.1. The van der Waals surface area contributed by atoms with E-state index >= 15 is 0 Å². The number of nitrogens with zero attached hydrogens (tertiary/aromatic N) is 5. The van der Waals surface area contributed by atoms with Crippen molar-refractivity contribution in [3.63, 3.8) is 0 Å². The van der Waals surface area contributed by atoms with Crippen molar-refractivity contribution in [3.05, 3.63) is 30.6 Å². The topological polar surface area (TPSA) is 85.2 Å². The van der Waals surface area contributed by atoms with Gasteiger partial charge in [-0.25, -0.2) is 9.48 Å². The molecular weight excluding hydrogens is 308 g/mol. The molecule has 24 heavy (non-hydrogen) atoms. The van der Waals surface area contributed by atoms with Crippen LogP contribution in [0.4, 0.5) is 10.5 Å². The number of hydrogen-bond donors (Lipinski definition) is 1. The lowest BCUT2D eigenvalue weighted by Gasteiger charge is -2.24. The molecule has 2 heterocycles. The molecule has 0 bridgehead atoms. The van der Waals surface area contributed by atoms with Gasteiger partial charge in [-0.05, 0) is 61.9 Å². The van der Waals surface area contributed by atoms with Gasteiger partial charge in [0, 0.05) is 24.8 Å². The average Bonchev–Trinajstić information content (AvgIpc) is 3.17. The summed E-state index contributed by atoms with van der Waals surface area (Å²) in [6.07, 6.45) is 2.20. The number of carbonyl (C=O) groups excluding carboxylic acids is 1. The van der Waals surface area contributed by atoms with E-state index in [0.29, 0.717) is 13.1 Å². The third kappa shape index (κ3) is 4.01. The third-order valence-electron chi connectivity index (χ3n) is 3.69. The first-order chi connectivity index (χ1) is 11.4. The smallest absolute Gasteiger partial charge is 0.410 e. The van der Waals surface area contributed by atoms with Crippen LogP contribution in [-0.2, 0) is 4.74 Å². The Morgan fingerprint density at radius 2 is 2.04 bits per heavy atom. The summed E-state index contributed by atoms with van der Waals surface area (Å²) in [6.45, 7) is 6.98. The Kier molecular flexibility index (Phi) is 4.37. The Bertz CT molecular complexity index is 678. The van der Waals surface area contributed by atoms with Gasteiger partial charge in [-0.3, -0.25) is 0 Å². The number of benzene rings is 1. The summed E-state index contributed by atoms with van der Waals surface area (Å²) in [4.78, 5) is 13.8. The highest BCUT2D eigenvalue weighted by Crippen LogP contribution is 2.19. The van der Waals surface area contributed by atoms with Gasteiger partial charge in [0.25, 0.3) is 0 Å². The van der Waals surface area contributed by atoms with E-state index < -0.39 is 5.60 Å². The summed E-state index contributed by atoms with van der Waals surface area (Å²) >= 11 is 0. The highest BCUT2D eigenvalue weighted by atomic mass is 16.6. The Hall–Kier alpha value is -2.64. The first-order valence-corrected chi connectivity index (χ1v) is 7.98. The van der Waals surface area contributed by atoms with Crippen molar-refractivity contribution in [1.82, 2.24) is 25.1 Å². The molecule has 1 amide bonds. The molecule has 8 nitrogen and oxygen atoms in total. The van der Waals surface area contributed by atoms with Crippen LogP contribution in [0.2, 0.25) is 0 Å². The van der Waals surface area contributed by atoms with Gasteiger partial charge in [0.15, 0.2) is 0 Å². The summed E-state index contributed by atoms with van der Waals surface area (Å²) in [5.41, 5.74) is 1.43. The maximum Gasteiger partial charge on any atom is 0.410 e. The van der Waals surface area contributed by atoms with Crippen molar-refractivity contribution < 1.29 is 9.53 Å². The second kappa shape index (κ2) is 6.46. The quantitative estimate of drug-likeness (QED) is 0.927. The van der Waals surface area contributed by atoms with Gasteiger partial charge >= 0.3 is 6.09 Å². The Balaban J connectivity index is 1.55. The monoisotopic (exact) mass is 330 g/mol. The third-order valence-corrected chi connectivity index (χ3v) is 3.69. The number of hydrogen-bond acceptors (Lipinski definition) is 6. The van der Waals surface area contributed by atoms with E-state index in [1.807, 2.05) is 45.0 Å². The average molecular weight is 330 g/mol. The zero-order valence-corrected chi connectivity index (χ0v) is 14.1. The van der Waals surface area contributed by atoms with Crippen molar-refractivity contribution in [3.8, 4) is 5.69 Å². The minimum absolute atomic E-state index is 0.219. The van der Waals surface area contributed by atoms with Gasteiger partial charge in [0.05, 0.1) is 5.69 Å². The van der Waals surface area contributed by atoms with Gasteiger partial charge in [0.1, 0.15) is 11.9 Å². The van der Waals surface area contributed by atoms with Gasteiger partial charge in [0.2, 0.25) is 0 Å². The highest BCUT2D eigenvalue weighted by Gasteiger charge is 2.29. The molecule has 1 aromatic carbocycles. The fourth-order valence-corrected chi connectivity index (χ4v) is 2.60. The number of nitrogens with one attached hydrogen (secondary N) is 1. The van der Waals surface area contributed by atoms with Gasteiger partial charge in [-0.1, -0.05) is 0 Å². The number of aromatic nitrogens is 4. The van der Waals surface area contributed by atoms with E-state index in [2.05, 4.69) is 20.8 Å². The van der Waals surface area contributed by atoms with E-state index in [9.17, 15) is 4.79 Å². The molecule has 0 saturated carbocycles. The van der Waals surface area contributed by atoms with Crippen molar-refractivity contribution in [2.45, 2.75) is 38.8 Å². The molecule has 0 radical (unpaired) electrons. The predicted molar refractivity (Wildman–Crippen MR) is 89.0 cm³/mol. The minimum Gasteiger partial charge on any atom is -0.444 e. The van der Waals surface area contributed by atoms with Crippen molar-refractivity contribution in [1.29, 1.82) is 0 Å². The molecule has 1 fully saturated rings. The lowest BCUT2D eigenvalue weighted by atomic mass is 10.2. The van der Waals surface area contributed by atoms with Crippen LogP contribution >= 0.6 is 0 Å². The Morgan fingerprint density at radius 3 is 2.67 bits per heavy atom. The molecule has 8 heteroatoms. The number of ether oxygens (including phenoxy) is 1. The second-order valence-corrected chi connectivity index (χ2v) is 6.86. The fraction of sp³-hybridized carbons (Fsp3) is 0.500. The molecule has 1 atom stereocenters. The second-order valence-electron chi connectivity index (χ2n) is 6.86. The number of likely N-dealkylation sites (tertiary alicyclic amines) is 1. The predicted octanol–water partition coefficient (Wildman–Crippen LogP) is 2.08.